The van der Waals surface area contributed by atoms with Crippen molar-refractivity contribution in [1.82, 2.24) is 9.21 Å². The van der Waals surface area contributed by atoms with Gasteiger partial charge in [0.15, 0.2) is 0 Å². The molecule has 4 nitrogen and oxygen atoms in total. The molecule has 1 heterocycles. The highest BCUT2D eigenvalue weighted by Crippen LogP contribution is 2.13. The Morgan fingerprint density at radius 2 is 1.70 bits per heavy atom. The Kier molecular flexibility index (Phi) is 5.18. The van der Waals surface area contributed by atoms with Gasteiger partial charge in [-0.25, -0.2) is 8.42 Å². The van der Waals surface area contributed by atoms with Gasteiger partial charge in [-0.1, -0.05) is 30.3 Å². The molecule has 0 spiro atoms. The van der Waals surface area contributed by atoms with Crippen LogP contribution in [0.5, 0.6) is 0 Å². The van der Waals surface area contributed by atoms with Gasteiger partial charge in [-0.3, -0.25) is 4.90 Å². The minimum absolute atomic E-state index is 0.497. The van der Waals surface area contributed by atoms with E-state index >= 15 is 0 Å². The fourth-order valence-electron chi connectivity index (χ4n) is 2.68. The first kappa shape index (κ1) is 15.5. The predicted molar refractivity (Wildman–Crippen MR) is 82.2 cm³/mol. The average Bonchev–Trinajstić information content (AvgIpc) is 2.45. The lowest BCUT2D eigenvalue weighted by Gasteiger charge is -2.37. The summed E-state index contributed by atoms with van der Waals surface area (Å²) in [4.78, 5) is 2.39. The highest BCUT2D eigenvalue weighted by molar-refractivity contribution is 7.88. The Morgan fingerprint density at radius 1 is 1.10 bits per heavy atom. The number of rotatable bonds is 5. The van der Waals surface area contributed by atoms with Crippen LogP contribution in [0.25, 0.3) is 0 Å². The summed E-state index contributed by atoms with van der Waals surface area (Å²) in [5, 5.41) is 0. The Morgan fingerprint density at radius 3 is 2.25 bits per heavy atom. The van der Waals surface area contributed by atoms with Crippen molar-refractivity contribution in [2.75, 3.05) is 32.4 Å². The number of aryl methyl sites for hydroxylation is 1. The molecule has 2 rings (SSSR count). The van der Waals surface area contributed by atoms with Gasteiger partial charge in [0.1, 0.15) is 0 Å². The van der Waals surface area contributed by atoms with Crippen LogP contribution in [0.2, 0.25) is 0 Å². The molecule has 0 bridgehead atoms. The Balaban J connectivity index is 1.79. The second-order valence-electron chi connectivity index (χ2n) is 5.57. The number of hydrogen-bond donors (Lipinski definition) is 0. The first-order chi connectivity index (χ1) is 9.47. The van der Waals surface area contributed by atoms with Crippen molar-refractivity contribution in [1.29, 1.82) is 0 Å². The molecule has 1 aromatic rings. The number of sulfonamides is 1. The highest BCUT2D eigenvalue weighted by atomic mass is 32.2. The van der Waals surface area contributed by atoms with Crippen LogP contribution < -0.4 is 0 Å². The van der Waals surface area contributed by atoms with Crippen molar-refractivity contribution in [3.63, 3.8) is 0 Å². The molecular weight excluding hydrogens is 272 g/mol. The normalized spacial score (nSPS) is 19.9. The quantitative estimate of drug-likeness (QED) is 0.828. The molecule has 0 aromatic heterocycles. The molecule has 0 unspecified atom stereocenters. The maximum atomic E-state index is 11.5. The van der Waals surface area contributed by atoms with E-state index in [0.29, 0.717) is 19.1 Å². The number of hydrogen-bond acceptors (Lipinski definition) is 3. The second kappa shape index (κ2) is 6.70. The summed E-state index contributed by atoms with van der Waals surface area (Å²) in [6, 6.07) is 11.0. The zero-order valence-corrected chi connectivity index (χ0v) is 13.1. The van der Waals surface area contributed by atoms with E-state index in [4.69, 9.17) is 0 Å². The van der Waals surface area contributed by atoms with Gasteiger partial charge in [-0.05, 0) is 25.3 Å². The first-order valence-electron chi connectivity index (χ1n) is 7.20. The Bertz CT molecular complexity index is 508. The summed E-state index contributed by atoms with van der Waals surface area (Å²) in [6.45, 7) is 5.15. The van der Waals surface area contributed by atoms with E-state index in [9.17, 15) is 8.42 Å². The molecule has 20 heavy (non-hydrogen) atoms. The van der Waals surface area contributed by atoms with Crippen molar-refractivity contribution in [3.8, 4) is 0 Å². The fraction of sp³-hybridized carbons (Fsp3) is 0.600. The van der Waals surface area contributed by atoms with Gasteiger partial charge in [0.05, 0.1) is 6.26 Å². The van der Waals surface area contributed by atoms with Crippen LogP contribution in [-0.2, 0) is 16.4 Å². The molecule has 1 atom stereocenters. The van der Waals surface area contributed by atoms with Crippen molar-refractivity contribution < 1.29 is 8.42 Å². The molecule has 5 heteroatoms. The van der Waals surface area contributed by atoms with E-state index in [2.05, 4.69) is 36.1 Å². The largest absolute Gasteiger partial charge is 0.298 e. The molecule has 0 aliphatic carbocycles. The third-order valence-electron chi connectivity index (χ3n) is 4.06. The van der Waals surface area contributed by atoms with E-state index in [0.717, 1.165) is 25.9 Å². The zero-order chi connectivity index (χ0) is 14.6. The topological polar surface area (TPSA) is 40.6 Å². The SMILES string of the molecule is C[C@@H](CCc1ccccc1)N1CCN(S(C)(=O)=O)CC1. The fourth-order valence-corrected chi connectivity index (χ4v) is 3.51. The first-order valence-corrected chi connectivity index (χ1v) is 9.05. The van der Waals surface area contributed by atoms with Crippen LogP contribution in [-0.4, -0.2) is 56.1 Å². The molecular formula is C15H24N2O2S. The van der Waals surface area contributed by atoms with E-state index in [1.165, 1.54) is 11.8 Å². The average molecular weight is 296 g/mol. The van der Waals surface area contributed by atoms with Gasteiger partial charge < -0.3 is 0 Å². The number of nitrogens with zero attached hydrogens (tertiary/aromatic N) is 2. The van der Waals surface area contributed by atoms with Gasteiger partial charge in [-0.15, -0.1) is 0 Å². The summed E-state index contributed by atoms with van der Waals surface area (Å²) < 4.78 is 24.5. The molecule has 1 aromatic carbocycles. The highest BCUT2D eigenvalue weighted by Gasteiger charge is 2.25. The van der Waals surface area contributed by atoms with Gasteiger partial charge >= 0.3 is 0 Å². The molecule has 1 saturated heterocycles. The smallest absolute Gasteiger partial charge is 0.211 e. The van der Waals surface area contributed by atoms with Crippen LogP contribution in [0.15, 0.2) is 30.3 Å². The van der Waals surface area contributed by atoms with Crippen molar-refractivity contribution in [2.45, 2.75) is 25.8 Å². The third-order valence-corrected chi connectivity index (χ3v) is 5.36. The molecule has 112 valence electrons. The molecule has 0 radical (unpaired) electrons. The van der Waals surface area contributed by atoms with Crippen LogP contribution in [0, 0.1) is 0 Å². The lowest BCUT2D eigenvalue weighted by atomic mass is 10.0. The van der Waals surface area contributed by atoms with E-state index in [1.54, 1.807) is 4.31 Å². The van der Waals surface area contributed by atoms with Crippen molar-refractivity contribution in [2.24, 2.45) is 0 Å². The van der Waals surface area contributed by atoms with Crippen LogP contribution >= 0.6 is 0 Å². The number of piperazine rings is 1. The lowest BCUT2D eigenvalue weighted by Crippen LogP contribution is -2.51. The summed E-state index contributed by atoms with van der Waals surface area (Å²) in [6.07, 6.45) is 3.48. The summed E-state index contributed by atoms with van der Waals surface area (Å²) in [7, 11) is -3.02. The standard InChI is InChI=1S/C15H24N2O2S/c1-14(8-9-15-6-4-3-5-7-15)16-10-12-17(13-11-16)20(2,18)19/h3-7,14H,8-13H2,1-2H3/t14-/m0/s1. The second-order valence-corrected chi connectivity index (χ2v) is 7.55. The van der Waals surface area contributed by atoms with Crippen LogP contribution in [0.4, 0.5) is 0 Å². The lowest BCUT2D eigenvalue weighted by molar-refractivity contribution is 0.140. The van der Waals surface area contributed by atoms with E-state index in [-0.39, 0.29) is 0 Å². The van der Waals surface area contributed by atoms with Crippen LogP contribution in [0.1, 0.15) is 18.9 Å². The van der Waals surface area contributed by atoms with E-state index in [1.807, 2.05) is 6.07 Å². The molecule has 0 N–H and O–H groups in total. The third kappa shape index (κ3) is 4.30. The summed E-state index contributed by atoms with van der Waals surface area (Å²) in [5.41, 5.74) is 1.37. The zero-order valence-electron chi connectivity index (χ0n) is 12.3. The predicted octanol–water partition coefficient (Wildman–Crippen LogP) is 1.58. The van der Waals surface area contributed by atoms with E-state index < -0.39 is 10.0 Å². The van der Waals surface area contributed by atoms with Crippen LogP contribution in [0.3, 0.4) is 0 Å². The Labute approximate surface area is 122 Å². The maximum absolute atomic E-state index is 11.5. The monoisotopic (exact) mass is 296 g/mol. The maximum Gasteiger partial charge on any atom is 0.211 e. The number of benzene rings is 1. The van der Waals surface area contributed by atoms with Gasteiger partial charge in [0, 0.05) is 32.2 Å². The molecule has 1 aliphatic rings. The summed E-state index contributed by atoms with van der Waals surface area (Å²) in [5.74, 6) is 0. The summed E-state index contributed by atoms with van der Waals surface area (Å²) >= 11 is 0. The molecule has 0 saturated carbocycles. The van der Waals surface area contributed by atoms with Gasteiger partial charge in [0.2, 0.25) is 10.0 Å². The van der Waals surface area contributed by atoms with Crippen molar-refractivity contribution in [3.05, 3.63) is 35.9 Å². The van der Waals surface area contributed by atoms with Gasteiger partial charge in [-0.2, -0.15) is 4.31 Å². The minimum atomic E-state index is -3.02. The van der Waals surface area contributed by atoms with Crippen molar-refractivity contribution >= 4 is 10.0 Å². The molecule has 1 aliphatic heterocycles. The Hall–Kier alpha value is -0.910. The minimum Gasteiger partial charge on any atom is -0.298 e. The molecule has 1 fully saturated rings. The van der Waals surface area contributed by atoms with Gasteiger partial charge in [0.25, 0.3) is 0 Å². The molecule has 0 amide bonds.